The molecule has 1 heterocycles. The van der Waals surface area contributed by atoms with E-state index in [1.54, 1.807) is 36.4 Å². The molecule has 1 N–H and O–H groups in total. The minimum Gasteiger partial charge on any atom is -0.321 e. The molecule has 0 aliphatic rings. The van der Waals surface area contributed by atoms with Crippen LogP contribution in [0.4, 0.5) is 10.1 Å². The Hall–Kier alpha value is -3.48. The Balaban J connectivity index is 1.84. The molecular weight excluding hydrogens is 337 g/mol. The molecule has 26 heavy (non-hydrogen) atoms. The van der Waals surface area contributed by atoms with Crippen molar-refractivity contribution in [3.05, 3.63) is 86.9 Å². The summed E-state index contributed by atoms with van der Waals surface area (Å²) in [6, 6.07) is 14.1. The highest BCUT2D eigenvalue weighted by atomic mass is 19.1. The van der Waals surface area contributed by atoms with Gasteiger partial charge in [0.2, 0.25) is 0 Å². The predicted octanol–water partition coefficient (Wildman–Crippen LogP) is 2.14. The van der Waals surface area contributed by atoms with Gasteiger partial charge in [0.1, 0.15) is 11.5 Å². The Bertz CT molecular complexity index is 1080. The number of anilines is 1. The Morgan fingerprint density at radius 2 is 1.42 bits per heavy atom. The van der Waals surface area contributed by atoms with Gasteiger partial charge in [-0.1, -0.05) is 24.3 Å². The van der Waals surface area contributed by atoms with E-state index in [-0.39, 0.29) is 11.5 Å². The van der Waals surface area contributed by atoms with Gasteiger partial charge in [0, 0.05) is 25.8 Å². The molecule has 0 unspecified atom stereocenters. The van der Waals surface area contributed by atoms with E-state index in [4.69, 9.17) is 0 Å². The Morgan fingerprint density at radius 3 is 2.00 bits per heavy atom. The summed E-state index contributed by atoms with van der Waals surface area (Å²) < 4.78 is 15.0. The highest BCUT2D eigenvalue weighted by molar-refractivity contribution is 6.03. The van der Waals surface area contributed by atoms with Gasteiger partial charge in [-0.15, -0.1) is 0 Å². The lowest BCUT2D eigenvalue weighted by molar-refractivity contribution is 0.101. The average molecular weight is 353 g/mol. The van der Waals surface area contributed by atoms with Gasteiger partial charge in [0.25, 0.3) is 11.5 Å². The summed E-state index contributed by atoms with van der Waals surface area (Å²) in [5.41, 5.74) is 1.07. The van der Waals surface area contributed by atoms with Crippen LogP contribution in [0.15, 0.2) is 64.2 Å². The lowest BCUT2D eigenvalue weighted by atomic mass is 10.1. The van der Waals surface area contributed by atoms with E-state index in [0.29, 0.717) is 5.69 Å². The normalized spacial score (nSPS) is 10.6. The van der Waals surface area contributed by atoms with Gasteiger partial charge in [-0.2, -0.15) is 0 Å². The van der Waals surface area contributed by atoms with Crippen molar-refractivity contribution in [2.24, 2.45) is 14.1 Å². The number of aromatic nitrogens is 2. The molecule has 1 amide bonds. The second-order valence-corrected chi connectivity index (χ2v) is 5.81. The summed E-state index contributed by atoms with van der Waals surface area (Å²) in [6.07, 6.45) is 0. The summed E-state index contributed by atoms with van der Waals surface area (Å²) >= 11 is 0. The Kier molecular flexibility index (Phi) is 4.53. The molecule has 0 fully saturated rings. The smallest absolute Gasteiger partial charge is 0.321 e. The molecule has 0 aliphatic heterocycles. The van der Waals surface area contributed by atoms with E-state index in [1.165, 1.54) is 26.2 Å². The van der Waals surface area contributed by atoms with Crippen LogP contribution in [-0.4, -0.2) is 15.0 Å². The largest absolute Gasteiger partial charge is 0.331 e. The predicted molar refractivity (Wildman–Crippen MR) is 96.7 cm³/mol. The fraction of sp³-hybridized carbons (Fsp3) is 0.105. The number of hydrogen-bond acceptors (Lipinski definition) is 3. The van der Waals surface area contributed by atoms with Gasteiger partial charge in [-0.25, -0.2) is 9.18 Å². The lowest BCUT2D eigenvalue weighted by Crippen LogP contribution is -2.40. The Labute approximate surface area is 148 Å². The van der Waals surface area contributed by atoms with Crippen LogP contribution >= 0.6 is 0 Å². The second-order valence-electron chi connectivity index (χ2n) is 5.81. The first kappa shape index (κ1) is 17.3. The molecule has 0 spiro atoms. The van der Waals surface area contributed by atoms with Crippen LogP contribution in [0.25, 0.3) is 11.1 Å². The fourth-order valence-corrected chi connectivity index (χ4v) is 2.53. The van der Waals surface area contributed by atoms with Gasteiger partial charge in [0.05, 0.1) is 0 Å². The topological polar surface area (TPSA) is 73.1 Å². The van der Waals surface area contributed by atoms with E-state index in [1.807, 2.05) is 0 Å². The van der Waals surface area contributed by atoms with E-state index < -0.39 is 17.2 Å². The maximum absolute atomic E-state index is 13.0. The molecule has 0 radical (unpaired) electrons. The van der Waals surface area contributed by atoms with Crippen molar-refractivity contribution in [3.63, 3.8) is 0 Å². The molecule has 1 aromatic heterocycles. The van der Waals surface area contributed by atoms with Crippen molar-refractivity contribution in [3.8, 4) is 11.1 Å². The summed E-state index contributed by atoms with van der Waals surface area (Å²) in [4.78, 5) is 36.0. The molecule has 6 nitrogen and oxygen atoms in total. The van der Waals surface area contributed by atoms with Crippen molar-refractivity contribution in [2.75, 3.05) is 5.32 Å². The number of amides is 1. The van der Waals surface area contributed by atoms with Crippen molar-refractivity contribution < 1.29 is 9.18 Å². The zero-order chi connectivity index (χ0) is 18.8. The maximum atomic E-state index is 13.0. The first-order chi connectivity index (χ1) is 12.4. The molecule has 0 saturated carbocycles. The number of rotatable bonds is 3. The summed E-state index contributed by atoms with van der Waals surface area (Å²) in [5, 5.41) is 2.65. The highest BCUT2D eigenvalue weighted by Crippen LogP contribution is 2.21. The highest BCUT2D eigenvalue weighted by Gasteiger charge is 2.13. The van der Waals surface area contributed by atoms with Crippen LogP contribution in [0.5, 0.6) is 0 Å². The molecule has 2 aromatic carbocycles. The molecule has 132 valence electrons. The number of halogens is 1. The van der Waals surface area contributed by atoms with E-state index in [2.05, 4.69) is 5.32 Å². The summed E-state index contributed by atoms with van der Waals surface area (Å²) in [5.74, 6) is -0.867. The SMILES string of the molecule is Cn1c(C(=O)Nc2ccc(-c3ccc(F)cc3)cc2)cc(=O)n(C)c1=O. The molecule has 0 saturated heterocycles. The van der Waals surface area contributed by atoms with Crippen molar-refractivity contribution in [2.45, 2.75) is 0 Å². The van der Waals surface area contributed by atoms with Gasteiger partial charge in [-0.05, 0) is 35.4 Å². The minimum atomic E-state index is -0.575. The molecule has 3 rings (SSSR count). The minimum absolute atomic E-state index is 0.0271. The van der Waals surface area contributed by atoms with Crippen LogP contribution < -0.4 is 16.6 Å². The first-order valence-corrected chi connectivity index (χ1v) is 7.81. The standard InChI is InChI=1S/C19H16FN3O3/c1-22-16(11-17(24)23(2)19(22)26)18(25)21-15-9-5-13(6-10-15)12-3-7-14(20)8-4-12/h3-11H,1-2H3,(H,21,25). The second kappa shape index (κ2) is 6.79. The van der Waals surface area contributed by atoms with Crippen molar-refractivity contribution >= 4 is 11.6 Å². The Morgan fingerprint density at radius 1 is 0.885 bits per heavy atom. The van der Waals surface area contributed by atoms with Crippen LogP contribution in [0.1, 0.15) is 10.5 Å². The molecule has 0 aliphatic carbocycles. The third kappa shape index (κ3) is 3.32. The third-order valence-corrected chi connectivity index (χ3v) is 4.08. The lowest BCUT2D eigenvalue weighted by Gasteiger charge is -2.10. The number of nitrogens with zero attached hydrogens (tertiary/aromatic N) is 2. The number of benzene rings is 2. The fourth-order valence-electron chi connectivity index (χ4n) is 2.53. The molecule has 3 aromatic rings. The monoisotopic (exact) mass is 353 g/mol. The number of hydrogen-bond donors (Lipinski definition) is 1. The van der Waals surface area contributed by atoms with Gasteiger partial charge >= 0.3 is 5.69 Å². The molecular formula is C19H16FN3O3. The summed E-state index contributed by atoms with van der Waals surface area (Å²) in [7, 11) is 2.77. The van der Waals surface area contributed by atoms with Crippen LogP contribution in [0.3, 0.4) is 0 Å². The number of carbonyl (C=O) groups excluding carboxylic acids is 1. The zero-order valence-corrected chi connectivity index (χ0v) is 14.2. The number of carbonyl (C=O) groups is 1. The average Bonchev–Trinajstić information content (AvgIpc) is 2.64. The van der Waals surface area contributed by atoms with Crippen molar-refractivity contribution in [1.82, 2.24) is 9.13 Å². The van der Waals surface area contributed by atoms with E-state index >= 15 is 0 Å². The summed E-state index contributed by atoms with van der Waals surface area (Å²) in [6.45, 7) is 0. The van der Waals surface area contributed by atoms with Crippen LogP contribution in [-0.2, 0) is 14.1 Å². The maximum Gasteiger partial charge on any atom is 0.331 e. The van der Waals surface area contributed by atoms with Crippen molar-refractivity contribution in [1.29, 1.82) is 0 Å². The zero-order valence-electron chi connectivity index (χ0n) is 14.2. The van der Waals surface area contributed by atoms with Crippen LogP contribution in [0.2, 0.25) is 0 Å². The van der Waals surface area contributed by atoms with Crippen LogP contribution in [0, 0.1) is 5.82 Å². The quantitative estimate of drug-likeness (QED) is 0.784. The molecule has 0 bridgehead atoms. The van der Waals surface area contributed by atoms with Gasteiger partial charge < -0.3 is 5.32 Å². The van der Waals surface area contributed by atoms with Gasteiger partial charge in [0.15, 0.2) is 0 Å². The van der Waals surface area contributed by atoms with Gasteiger partial charge in [-0.3, -0.25) is 18.7 Å². The number of nitrogens with one attached hydrogen (secondary N) is 1. The molecule has 7 heteroatoms. The first-order valence-electron chi connectivity index (χ1n) is 7.81. The molecule has 0 atom stereocenters. The van der Waals surface area contributed by atoms with E-state index in [0.717, 1.165) is 26.3 Å². The third-order valence-electron chi connectivity index (χ3n) is 4.08. The van der Waals surface area contributed by atoms with E-state index in [9.17, 15) is 18.8 Å².